The average molecular weight is 407 g/mol. The Morgan fingerprint density at radius 1 is 1.17 bits per heavy atom. The Kier molecular flexibility index (Phi) is 6.49. The number of aromatic carboxylic acids is 1. The van der Waals surface area contributed by atoms with Gasteiger partial charge in [0.15, 0.2) is 11.5 Å². The lowest BCUT2D eigenvalue weighted by atomic mass is 10.1. The minimum Gasteiger partial charge on any atom is -0.493 e. The number of carbonyl (C=O) groups is 2. The number of benzene rings is 2. The highest BCUT2D eigenvalue weighted by Gasteiger charge is 2.12. The first-order valence-corrected chi connectivity index (χ1v) is 9.07. The molecule has 0 saturated heterocycles. The van der Waals surface area contributed by atoms with Crippen molar-refractivity contribution < 1.29 is 24.2 Å². The highest BCUT2D eigenvalue weighted by molar-refractivity contribution is 6.06. The third-order valence-corrected chi connectivity index (χ3v) is 4.19. The van der Waals surface area contributed by atoms with Crippen molar-refractivity contribution in [2.24, 2.45) is 7.05 Å². The number of hydrogen-bond donors (Lipinski definition) is 2. The smallest absolute Gasteiger partial charge is 0.337 e. The van der Waals surface area contributed by atoms with Gasteiger partial charge in [-0.15, -0.1) is 0 Å². The first kappa shape index (κ1) is 20.7. The number of carbonyl (C=O) groups excluding carboxylic acids is 1. The van der Waals surface area contributed by atoms with Gasteiger partial charge in [-0.1, -0.05) is 24.3 Å². The van der Waals surface area contributed by atoms with Crippen molar-refractivity contribution >= 4 is 23.6 Å². The standard InChI is InChI=1S/C22H21N3O5/c1-25-13-12-16(24-25)14-30-21-15(6-5-9-19(21)29-2)10-11-20(26)23-18-8-4-3-7-17(18)22(27)28/h3-13H,14H2,1-2H3,(H,23,26)(H,27,28)/b11-10+. The van der Waals surface area contributed by atoms with E-state index in [4.69, 9.17) is 9.47 Å². The number of anilines is 1. The van der Waals surface area contributed by atoms with Crippen LogP contribution in [-0.2, 0) is 18.4 Å². The first-order valence-electron chi connectivity index (χ1n) is 9.07. The fourth-order valence-electron chi connectivity index (χ4n) is 2.78. The van der Waals surface area contributed by atoms with Crippen LogP contribution in [0.3, 0.4) is 0 Å². The Labute approximate surface area is 173 Å². The highest BCUT2D eigenvalue weighted by Crippen LogP contribution is 2.32. The number of para-hydroxylation sites is 2. The van der Waals surface area contributed by atoms with Gasteiger partial charge in [0.25, 0.3) is 0 Å². The zero-order chi connectivity index (χ0) is 21.5. The summed E-state index contributed by atoms with van der Waals surface area (Å²) in [5.41, 5.74) is 1.62. The van der Waals surface area contributed by atoms with E-state index in [2.05, 4.69) is 10.4 Å². The van der Waals surface area contributed by atoms with Crippen LogP contribution in [0.2, 0.25) is 0 Å². The summed E-state index contributed by atoms with van der Waals surface area (Å²) < 4.78 is 13.0. The van der Waals surface area contributed by atoms with E-state index in [1.807, 2.05) is 19.3 Å². The van der Waals surface area contributed by atoms with Crippen LogP contribution >= 0.6 is 0 Å². The number of ether oxygens (including phenoxy) is 2. The van der Waals surface area contributed by atoms with Crippen LogP contribution in [-0.4, -0.2) is 33.9 Å². The number of carboxylic acid groups (broad SMARTS) is 1. The summed E-state index contributed by atoms with van der Waals surface area (Å²) in [6.45, 7) is 0.236. The van der Waals surface area contributed by atoms with Gasteiger partial charge < -0.3 is 19.9 Å². The molecular weight excluding hydrogens is 386 g/mol. The number of aromatic nitrogens is 2. The van der Waals surface area contributed by atoms with Gasteiger partial charge in [0.2, 0.25) is 5.91 Å². The van der Waals surface area contributed by atoms with Gasteiger partial charge in [-0.2, -0.15) is 5.10 Å². The van der Waals surface area contributed by atoms with Crippen molar-refractivity contribution in [1.82, 2.24) is 9.78 Å². The zero-order valence-electron chi connectivity index (χ0n) is 16.5. The summed E-state index contributed by atoms with van der Waals surface area (Å²) in [6, 6.07) is 13.4. The number of carboxylic acids is 1. The number of rotatable bonds is 8. The maximum Gasteiger partial charge on any atom is 0.337 e. The van der Waals surface area contributed by atoms with Crippen LogP contribution in [0.4, 0.5) is 5.69 Å². The lowest BCUT2D eigenvalue weighted by Crippen LogP contribution is -2.11. The Morgan fingerprint density at radius 3 is 2.67 bits per heavy atom. The predicted molar refractivity (Wildman–Crippen MR) is 112 cm³/mol. The molecule has 3 rings (SSSR count). The SMILES string of the molecule is COc1cccc(/C=C/C(=O)Nc2ccccc2C(=O)O)c1OCc1ccn(C)n1. The molecule has 0 radical (unpaired) electrons. The van der Waals surface area contributed by atoms with Crippen molar-refractivity contribution in [3.05, 3.63) is 77.6 Å². The van der Waals surface area contributed by atoms with Gasteiger partial charge in [0.05, 0.1) is 24.1 Å². The first-order chi connectivity index (χ1) is 14.5. The third-order valence-electron chi connectivity index (χ3n) is 4.19. The Balaban J connectivity index is 1.77. The van der Waals surface area contributed by atoms with Gasteiger partial charge in [-0.3, -0.25) is 9.48 Å². The van der Waals surface area contributed by atoms with Gasteiger partial charge in [-0.05, 0) is 30.3 Å². The summed E-state index contributed by atoms with van der Waals surface area (Å²) in [4.78, 5) is 23.6. The summed E-state index contributed by atoms with van der Waals surface area (Å²) >= 11 is 0. The van der Waals surface area contributed by atoms with Crippen LogP contribution in [0.15, 0.2) is 60.8 Å². The maximum absolute atomic E-state index is 12.3. The molecule has 0 aliphatic carbocycles. The normalized spacial score (nSPS) is 10.7. The lowest BCUT2D eigenvalue weighted by molar-refractivity contribution is -0.111. The Hall–Kier alpha value is -4.07. The van der Waals surface area contributed by atoms with E-state index in [1.165, 1.54) is 25.3 Å². The van der Waals surface area contributed by atoms with Crippen LogP contribution in [0.25, 0.3) is 6.08 Å². The fourth-order valence-corrected chi connectivity index (χ4v) is 2.78. The van der Waals surface area contributed by atoms with E-state index in [0.717, 1.165) is 5.69 Å². The van der Waals surface area contributed by atoms with Crippen molar-refractivity contribution in [2.45, 2.75) is 6.61 Å². The van der Waals surface area contributed by atoms with Gasteiger partial charge in [0.1, 0.15) is 6.61 Å². The molecule has 1 aromatic heterocycles. The molecular formula is C22H21N3O5. The quantitative estimate of drug-likeness (QED) is 0.555. The number of amides is 1. The van der Waals surface area contributed by atoms with E-state index < -0.39 is 11.9 Å². The van der Waals surface area contributed by atoms with Gasteiger partial charge >= 0.3 is 5.97 Å². The topological polar surface area (TPSA) is 103 Å². The average Bonchev–Trinajstić information content (AvgIpc) is 3.16. The molecule has 0 spiro atoms. The zero-order valence-corrected chi connectivity index (χ0v) is 16.5. The molecule has 2 N–H and O–H groups in total. The molecule has 0 unspecified atom stereocenters. The van der Waals surface area contributed by atoms with Crippen LogP contribution in [0.5, 0.6) is 11.5 Å². The predicted octanol–water partition coefficient (Wildman–Crippen LogP) is 3.36. The molecule has 0 aliphatic heterocycles. The molecule has 0 aliphatic rings. The molecule has 0 atom stereocenters. The van der Waals surface area contributed by atoms with E-state index >= 15 is 0 Å². The molecule has 0 fully saturated rings. The molecule has 0 saturated carbocycles. The molecule has 8 nitrogen and oxygen atoms in total. The van der Waals surface area contributed by atoms with Crippen molar-refractivity contribution in [1.29, 1.82) is 0 Å². The molecule has 1 amide bonds. The third kappa shape index (κ3) is 5.05. The largest absolute Gasteiger partial charge is 0.493 e. The van der Waals surface area contributed by atoms with Crippen LogP contribution in [0, 0.1) is 0 Å². The fraction of sp³-hybridized carbons (Fsp3) is 0.136. The molecule has 0 bridgehead atoms. The molecule has 3 aromatic rings. The monoisotopic (exact) mass is 407 g/mol. The Bertz CT molecular complexity index is 1090. The molecule has 1 heterocycles. The second kappa shape index (κ2) is 9.42. The maximum atomic E-state index is 12.3. The van der Waals surface area contributed by atoms with E-state index in [9.17, 15) is 14.7 Å². The second-order valence-electron chi connectivity index (χ2n) is 6.32. The number of nitrogens with one attached hydrogen (secondary N) is 1. The van der Waals surface area contributed by atoms with Crippen molar-refractivity contribution in [3.63, 3.8) is 0 Å². The summed E-state index contributed by atoms with van der Waals surface area (Å²) in [6.07, 6.45) is 4.71. The van der Waals surface area contributed by atoms with Gasteiger partial charge in [0, 0.05) is 24.9 Å². The molecule has 8 heteroatoms. The van der Waals surface area contributed by atoms with Crippen LogP contribution in [0.1, 0.15) is 21.6 Å². The van der Waals surface area contributed by atoms with Crippen molar-refractivity contribution in [3.8, 4) is 11.5 Å². The Morgan fingerprint density at radius 2 is 1.97 bits per heavy atom. The summed E-state index contributed by atoms with van der Waals surface area (Å²) in [5, 5.41) is 16.1. The highest BCUT2D eigenvalue weighted by atomic mass is 16.5. The molecule has 154 valence electrons. The van der Waals surface area contributed by atoms with E-state index in [-0.39, 0.29) is 17.9 Å². The van der Waals surface area contributed by atoms with Gasteiger partial charge in [-0.25, -0.2) is 4.79 Å². The van der Waals surface area contributed by atoms with Crippen LogP contribution < -0.4 is 14.8 Å². The number of hydrogen-bond acceptors (Lipinski definition) is 5. The number of aryl methyl sites for hydroxylation is 1. The summed E-state index contributed by atoms with van der Waals surface area (Å²) in [5.74, 6) is -0.597. The lowest BCUT2D eigenvalue weighted by Gasteiger charge is -2.12. The summed E-state index contributed by atoms with van der Waals surface area (Å²) in [7, 11) is 3.36. The molecule has 2 aromatic carbocycles. The molecule has 30 heavy (non-hydrogen) atoms. The minimum atomic E-state index is -1.12. The number of methoxy groups -OCH3 is 1. The second-order valence-corrected chi connectivity index (χ2v) is 6.32. The minimum absolute atomic E-state index is 0.0139. The number of nitrogens with zero attached hydrogens (tertiary/aromatic N) is 2. The van der Waals surface area contributed by atoms with Crippen molar-refractivity contribution in [2.75, 3.05) is 12.4 Å². The van der Waals surface area contributed by atoms with E-state index in [0.29, 0.717) is 17.1 Å². The van der Waals surface area contributed by atoms with E-state index in [1.54, 1.807) is 41.1 Å².